The van der Waals surface area contributed by atoms with Crippen LogP contribution >= 0.6 is 22.9 Å². The van der Waals surface area contributed by atoms with Crippen molar-refractivity contribution >= 4 is 61.4 Å². The number of ether oxygens (including phenoxy) is 1. The number of aromatic nitrogens is 3. The topological polar surface area (TPSA) is 97.0 Å². The van der Waals surface area contributed by atoms with Gasteiger partial charge in [-0.05, 0) is 61.4 Å². The molecular weight excluding hydrogens is 524 g/mol. The lowest BCUT2D eigenvalue weighted by Crippen LogP contribution is -2.29. The van der Waals surface area contributed by atoms with Crippen LogP contribution in [0.2, 0.25) is 5.02 Å². The molecule has 1 N–H and O–H groups in total. The van der Waals surface area contributed by atoms with Crippen LogP contribution in [0.1, 0.15) is 28.6 Å². The first kappa shape index (κ1) is 24.1. The largest absolute Gasteiger partial charge is 0.505 e. The summed E-state index contributed by atoms with van der Waals surface area (Å²) in [5.41, 5.74) is 3.59. The number of aliphatic hydroxyl groups is 1. The maximum Gasteiger partial charge on any atom is 0.301 e. The van der Waals surface area contributed by atoms with Gasteiger partial charge >= 0.3 is 5.91 Å². The van der Waals surface area contributed by atoms with Crippen molar-refractivity contribution in [1.29, 1.82) is 0 Å². The molecule has 1 aliphatic rings. The highest BCUT2D eigenvalue weighted by molar-refractivity contribution is 7.22. The summed E-state index contributed by atoms with van der Waals surface area (Å²) in [6, 6.07) is 15.1. The van der Waals surface area contributed by atoms with Crippen molar-refractivity contribution in [2.75, 3.05) is 12.0 Å². The number of fused-ring (bicyclic) bond motifs is 2. The number of methoxy groups -OCH3 is 1. The van der Waals surface area contributed by atoms with Crippen LogP contribution in [-0.2, 0) is 9.59 Å². The molecular formula is C28H21ClN4O4S. The summed E-state index contributed by atoms with van der Waals surface area (Å²) >= 11 is 7.57. The number of nitrogens with zero attached hydrogens (tertiary/aromatic N) is 4. The number of imidazole rings is 1. The molecule has 1 aliphatic heterocycles. The number of aryl methyl sites for hydroxylation is 2. The molecule has 38 heavy (non-hydrogen) atoms. The lowest BCUT2D eigenvalue weighted by Gasteiger charge is -2.23. The van der Waals surface area contributed by atoms with Gasteiger partial charge in [0.05, 0.1) is 34.6 Å². The van der Waals surface area contributed by atoms with Crippen molar-refractivity contribution < 1.29 is 19.4 Å². The third-order valence-electron chi connectivity index (χ3n) is 6.71. The van der Waals surface area contributed by atoms with Crippen molar-refractivity contribution in [1.82, 2.24) is 14.4 Å². The number of ketones is 1. The minimum Gasteiger partial charge on any atom is -0.505 e. The van der Waals surface area contributed by atoms with Crippen LogP contribution in [0.3, 0.4) is 0 Å². The fourth-order valence-electron chi connectivity index (χ4n) is 4.82. The highest BCUT2D eigenvalue weighted by atomic mass is 35.5. The first-order valence-electron chi connectivity index (χ1n) is 11.7. The number of amides is 1. The Bertz CT molecular complexity index is 1820. The molecule has 5 aromatic rings. The van der Waals surface area contributed by atoms with E-state index in [9.17, 15) is 14.7 Å². The van der Waals surface area contributed by atoms with Crippen LogP contribution in [0.4, 0.5) is 5.13 Å². The second kappa shape index (κ2) is 8.97. The van der Waals surface area contributed by atoms with E-state index in [-0.39, 0.29) is 17.0 Å². The Morgan fingerprint density at radius 2 is 1.89 bits per heavy atom. The predicted octanol–water partition coefficient (Wildman–Crippen LogP) is 5.85. The zero-order valence-electron chi connectivity index (χ0n) is 20.6. The van der Waals surface area contributed by atoms with Gasteiger partial charge in [-0.3, -0.25) is 14.5 Å². The molecule has 0 bridgehead atoms. The summed E-state index contributed by atoms with van der Waals surface area (Å²) in [6.45, 7) is 3.72. The molecule has 8 nitrogen and oxygen atoms in total. The Hall–Kier alpha value is -4.21. The summed E-state index contributed by atoms with van der Waals surface area (Å²) in [5, 5.41) is 12.3. The number of carbonyl (C=O) groups is 2. The molecule has 1 amide bonds. The van der Waals surface area contributed by atoms with Gasteiger partial charge in [-0.1, -0.05) is 41.1 Å². The minimum absolute atomic E-state index is 0.0711. The van der Waals surface area contributed by atoms with Crippen LogP contribution in [0.15, 0.2) is 66.4 Å². The summed E-state index contributed by atoms with van der Waals surface area (Å²) in [7, 11) is 1.57. The normalized spacial score (nSPS) is 17.2. The fourth-order valence-corrected chi connectivity index (χ4v) is 6.04. The molecule has 3 aromatic heterocycles. The molecule has 0 saturated carbocycles. The Labute approximate surface area is 226 Å². The van der Waals surface area contributed by atoms with E-state index < -0.39 is 17.7 Å². The van der Waals surface area contributed by atoms with Gasteiger partial charge in [0.2, 0.25) is 0 Å². The molecule has 4 heterocycles. The van der Waals surface area contributed by atoms with E-state index in [4.69, 9.17) is 16.3 Å². The van der Waals surface area contributed by atoms with E-state index in [0.717, 1.165) is 10.3 Å². The third kappa shape index (κ3) is 3.66. The van der Waals surface area contributed by atoms with Gasteiger partial charge in [0, 0.05) is 11.2 Å². The molecule has 6 rings (SSSR count). The Kier molecular flexibility index (Phi) is 5.70. The first-order valence-corrected chi connectivity index (χ1v) is 12.9. The summed E-state index contributed by atoms with van der Waals surface area (Å²) in [4.78, 5) is 37.7. The number of hydrogen-bond donors (Lipinski definition) is 1. The SMILES string of the molecule is COc1ccc2nc(N3C(=O)C(=O)/C(=C(/O)c4nc5c(C)cccn5c4C)C3c3cccc(Cl)c3)sc2c1. The predicted molar refractivity (Wildman–Crippen MR) is 147 cm³/mol. The zero-order chi connectivity index (χ0) is 26.7. The maximum absolute atomic E-state index is 13.6. The monoisotopic (exact) mass is 544 g/mol. The Balaban J connectivity index is 1.59. The molecule has 1 atom stereocenters. The van der Waals surface area contributed by atoms with Gasteiger partial charge in [0.1, 0.15) is 17.1 Å². The quantitative estimate of drug-likeness (QED) is 0.173. The average Bonchev–Trinajstić information content (AvgIpc) is 3.56. The van der Waals surface area contributed by atoms with Crippen molar-refractivity contribution in [3.63, 3.8) is 0 Å². The first-order chi connectivity index (χ1) is 18.3. The average molecular weight is 545 g/mol. The zero-order valence-corrected chi connectivity index (χ0v) is 22.2. The van der Waals surface area contributed by atoms with Crippen LogP contribution in [0, 0.1) is 13.8 Å². The van der Waals surface area contributed by atoms with Crippen molar-refractivity contribution in [3.8, 4) is 5.75 Å². The molecule has 190 valence electrons. The second-order valence-corrected chi connectivity index (χ2v) is 10.4. The van der Waals surface area contributed by atoms with E-state index in [0.29, 0.717) is 38.3 Å². The number of benzene rings is 2. The highest BCUT2D eigenvalue weighted by Crippen LogP contribution is 2.45. The van der Waals surface area contributed by atoms with Crippen LogP contribution in [0.5, 0.6) is 5.75 Å². The molecule has 1 fully saturated rings. The lowest BCUT2D eigenvalue weighted by atomic mass is 9.96. The van der Waals surface area contributed by atoms with Crippen LogP contribution < -0.4 is 9.64 Å². The van der Waals surface area contributed by atoms with E-state index in [1.165, 1.54) is 16.2 Å². The lowest BCUT2D eigenvalue weighted by molar-refractivity contribution is -0.132. The molecule has 1 unspecified atom stereocenters. The summed E-state index contributed by atoms with van der Waals surface area (Å²) in [5.74, 6) is -1.31. The van der Waals surface area contributed by atoms with Gasteiger partial charge in [-0.15, -0.1) is 0 Å². The second-order valence-electron chi connectivity index (χ2n) is 8.98. The smallest absolute Gasteiger partial charge is 0.301 e. The highest BCUT2D eigenvalue weighted by Gasteiger charge is 2.48. The number of hydrogen-bond acceptors (Lipinski definition) is 7. The third-order valence-corrected chi connectivity index (χ3v) is 7.96. The molecule has 0 radical (unpaired) electrons. The number of anilines is 1. The van der Waals surface area contributed by atoms with E-state index in [1.807, 2.05) is 35.7 Å². The molecule has 2 aromatic carbocycles. The maximum atomic E-state index is 13.6. The minimum atomic E-state index is -0.957. The van der Waals surface area contributed by atoms with E-state index in [2.05, 4.69) is 9.97 Å². The van der Waals surface area contributed by atoms with Gasteiger partial charge in [-0.25, -0.2) is 9.97 Å². The number of carbonyl (C=O) groups excluding carboxylic acids is 2. The van der Waals surface area contributed by atoms with Crippen molar-refractivity contribution in [2.45, 2.75) is 19.9 Å². The van der Waals surface area contributed by atoms with E-state index in [1.54, 1.807) is 50.4 Å². The number of pyridine rings is 1. The van der Waals surface area contributed by atoms with Gasteiger partial charge in [-0.2, -0.15) is 0 Å². The number of rotatable bonds is 4. The molecule has 10 heteroatoms. The number of aliphatic hydroxyl groups excluding tert-OH is 1. The molecule has 0 spiro atoms. The van der Waals surface area contributed by atoms with Gasteiger partial charge < -0.3 is 14.2 Å². The number of thiazole rings is 1. The van der Waals surface area contributed by atoms with Crippen LogP contribution in [-0.4, -0.2) is 38.3 Å². The number of Topliss-reactive ketones (excluding diaryl/α,β-unsaturated/α-hetero) is 1. The van der Waals surface area contributed by atoms with Crippen molar-refractivity contribution in [3.05, 3.63) is 93.9 Å². The number of halogens is 1. The van der Waals surface area contributed by atoms with Gasteiger partial charge in [0.25, 0.3) is 5.78 Å². The van der Waals surface area contributed by atoms with Crippen molar-refractivity contribution in [2.24, 2.45) is 0 Å². The Morgan fingerprint density at radius 1 is 1.08 bits per heavy atom. The standard InChI is InChI=1S/C28H21ClN4O4S/c1-14-6-5-11-32-15(2)22(31-26(14)32)24(34)21-23(16-7-4-8-17(29)12-16)33(27(36)25(21)35)28-30-19-10-9-18(37-3)13-20(19)38-28/h4-13,23,34H,1-3H3/b24-21+. The van der Waals surface area contributed by atoms with Gasteiger partial charge in [0.15, 0.2) is 10.9 Å². The van der Waals surface area contributed by atoms with Crippen LogP contribution in [0.25, 0.3) is 21.6 Å². The Morgan fingerprint density at radius 3 is 2.63 bits per heavy atom. The molecule has 0 aliphatic carbocycles. The van der Waals surface area contributed by atoms with E-state index >= 15 is 0 Å². The summed E-state index contributed by atoms with van der Waals surface area (Å²) < 4.78 is 7.95. The molecule has 1 saturated heterocycles. The fraction of sp³-hybridized carbons (Fsp3) is 0.143. The summed E-state index contributed by atoms with van der Waals surface area (Å²) in [6.07, 6.45) is 1.84.